The van der Waals surface area contributed by atoms with E-state index >= 15 is 0 Å². The van der Waals surface area contributed by atoms with Crippen LogP contribution in [0.3, 0.4) is 0 Å². The lowest BCUT2D eigenvalue weighted by Gasteiger charge is -2.09. The third-order valence-electron chi connectivity index (χ3n) is 2.48. The highest BCUT2D eigenvalue weighted by molar-refractivity contribution is 9.10. The van der Waals surface area contributed by atoms with Crippen LogP contribution in [-0.4, -0.2) is 26.4 Å². The first-order valence-corrected chi connectivity index (χ1v) is 7.42. The van der Waals surface area contributed by atoms with Gasteiger partial charge in [-0.3, -0.25) is 9.36 Å². The van der Waals surface area contributed by atoms with Crippen LogP contribution in [0.1, 0.15) is 11.3 Å². The zero-order valence-corrected chi connectivity index (χ0v) is 13.0. The van der Waals surface area contributed by atoms with Gasteiger partial charge < -0.3 is 5.11 Å². The normalized spacial score (nSPS) is 10.7. The molecule has 0 aliphatic heterocycles. The van der Waals surface area contributed by atoms with Crippen molar-refractivity contribution in [2.45, 2.75) is 19.0 Å². The highest BCUT2D eigenvalue weighted by Gasteiger charge is 2.12. The molecule has 0 radical (unpaired) electrons. The van der Waals surface area contributed by atoms with Crippen LogP contribution in [0.2, 0.25) is 0 Å². The van der Waals surface area contributed by atoms with E-state index in [4.69, 9.17) is 5.11 Å². The van der Waals surface area contributed by atoms with E-state index in [9.17, 15) is 4.79 Å². The van der Waals surface area contributed by atoms with Crippen molar-refractivity contribution >= 4 is 33.7 Å². The fourth-order valence-electron chi connectivity index (χ4n) is 1.68. The average Bonchev–Trinajstić information content (AvgIpc) is 2.71. The molecule has 1 heterocycles. The van der Waals surface area contributed by atoms with Gasteiger partial charge in [-0.1, -0.05) is 17.8 Å². The molecule has 0 saturated carbocycles. The van der Waals surface area contributed by atoms with E-state index in [0.29, 0.717) is 5.16 Å². The molecule has 1 aromatic heterocycles. The quantitative estimate of drug-likeness (QED) is 0.866. The summed E-state index contributed by atoms with van der Waals surface area (Å²) in [4.78, 5) is 15.1. The van der Waals surface area contributed by atoms with Gasteiger partial charge in [-0.15, -0.1) is 0 Å². The molecule has 4 nitrogen and oxygen atoms in total. The summed E-state index contributed by atoms with van der Waals surface area (Å²) >= 11 is 4.73. The molecular weight excluding hydrogens is 328 g/mol. The SMILES string of the molecule is Cc1ccc(Br)c(-n2cc(C)nc2SCC(=O)O)c1. The lowest BCUT2D eigenvalue weighted by atomic mass is 10.2. The molecule has 0 amide bonds. The number of rotatable bonds is 4. The summed E-state index contributed by atoms with van der Waals surface area (Å²) < 4.78 is 2.87. The lowest BCUT2D eigenvalue weighted by Crippen LogP contribution is -2.02. The average molecular weight is 341 g/mol. The molecule has 0 bridgehead atoms. The Morgan fingerprint density at radius 2 is 2.21 bits per heavy atom. The predicted octanol–water partition coefficient (Wildman–Crippen LogP) is 3.43. The van der Waals surface area contributed by atoms with Gasteiger partial charge in [-0.2, -0.15) is 0 Å². The maximum Gasteiger partial charge on any atom is 0.313 e. The van der Waals surface area contributed by atoms with Crippen molar-refractivity contribution in [3.05, 3.63) is 40.1 Å². The summed E-state index contributed by atoms with van der Waals surface area (Å²) in [5.41, 5.74) is 2.97. The number of aliphatic carboxylic acids is 1. The number of hydrogen-bond donors (Lipinski definition) is 1. The molecule has 100 valence electrons. The molecule has 6 heteroatoms. The summed E-state index contributed by atoms with van der Waals surface area (Å²) in [6.07, 6.45) is 1.91. The van der Waals surface area contributed by atoms with Gasteiger partial charge in [-0.25, -0.2) is 4.98 Å². The zero-order chi connectivity index (χ0) is 14.0. The van der Waals surface area contributed by atoms with E-state index in [1.54, 1.807) is 0 Å². The van der Waals surface area contributed by atoms with Crippen LogP contribution in [0.25, 0.3) is 5.69 Å². The van der Waals surface area contributed by atoms with Crippen molar-refractivity contribution in [3.8, 4) is 5.69 Å². The maximum absolute atomic E-state index is 10.7. The third-order valence-corrected chi connectivity index (χ3v) is 4.09. The standard InChI is InChI=1S/C13H13BrN2O2S/c1-8-3-4-10(14)11(5-8)16-6-9(2)15-13(16)19-7-12(17)18/h3-6H,7H2,1-2H3,(H,17,18). The number of carbonyl (C=O) groups is 1. The summed E-state index contributed by atoms with van der Waals surface area (Å²) in [6, 6.07) is 6.03. The topological polar surface area (TPSA) is 55.1 Å². The van der Waals surface area contributed by atoms with Crippen molar-refractivity contribution < 1.29 is 9.90 Å². The van der Waals surface area contributed by atoms with Crippen LogP contribution < -0.4 is 0 Å². The van der Waals surface area contributed by atoms with Crippen molar-refractivity contribution in [3.63, 3.8) is 0 Å². The number of benzene rings is 1. The van der Waals surface area contributed by atoms with E-state index in [-0.39, 0.29) is 5.75 Å². The monoisotopic (exact) mass is 340 g/mol. The van der Waals surface area contributed by atoms with Gasteiger partial charge in [0.1, 0.15) is 0 Å². The predicted molar refractivity (Wildman–Crippen MR) is 79.1 cm³/mol. The molecule has 2 aromatic rings. The fourth-order valence-corrected chi connectivity index (χ4v) is 2.87. The number of halogens is 1. The minimum absolute atomic E-state index is 0.000111. The molecule has 0 aliphatic carbocycles. The number of thioether (sulfide) groups is 1. The van der Waals surface area contributed by atoms with E-state index in [1.165, 1.54) is 11.8 Å². The molecule has 0 fully saturated rings. The molecule has 19 heavy (non-hydrogen) atoms. The van der Waals surface area contributed by atoms with Crippen LogP contribution >= 0.6 is 27.7 Å². The largest absolute Gasteiger partial charge is 0.481 e. The summed E-state index contributed by atoms with van der Waals surface area (Å²) in [6.45, 7) is 3.91. The number of nitrogens with zero attached hydrogens (tertiary/aromatic N) is 2. The molecule has 0 atom stereocenters. The van der Waals surface area contributed by atoms with E-state index in [1.807, 2.05) is 42.8 Å². The third kappa shape index (κ3) is 3.39. The van der Waals surface area contributed by atoms with Gasteiger partial charge in [0.05, 0.1) is 17.1 Å². The smallest absolute Gasteiger partial charge is 0.313 e. The van der Waals surface area contributed by atoms with Crippen LogP contribution in [0.5, 0.6) is 0 Å². The second-order valence-electron chi connectivity index (χ2n) is 4.17. The molecular formula is C13H13BrN2O2S. The second-order valence-corrected chi connectivity index (χ2v) is 5.97. The number of carboxylic acids is 1. The Bertz CT molecular complexity index is 625. The molecule has 0 unspecified atom stereocenters. The summed E-state index contributed by atoms with van der Waals surface area (Å²) in [7, 11) is 0. The van der Waals surface area contributed by atoms with E-state index < -0.39 is 5.97 Å². The number of hydrogen-bond acceptors (Lipinski definition) is 3. The van der Waals surface area contributed by atoms with Crippen LogP contribution in [0.4, 0.5) is 0 Å². The van der Waals surface area contributed by atoms with Crippen molar-refractivity contribution in [1.82, 2.24) is 9.55 Å². The van der Waals surface area contributed by atoms with Gasteiger partial charge >= 0.3 is 5.97 Å². The first kappa shape index (κ1) is 14.1. The minimum atomic E-state index is -0.847. The van der Waals surface area contributed by atoms with Gasteiger partial charge in [0, 0.05) is 10.7 Å². The van der Waals surface area contributed by atoms with E-state index in [2.05, 4.69) is 20.9 Å². The Morgan fingerprint density at radius 1 is 1.47 bits per heavy atom. The van der Waals surface area contributed by atoms with Gasteiger partial charge in [-0.05, 0) is 47.5 Å². The number of aromatic nitrogens is 2. The number of carboxylic acid groups (broad SMARTS) is 1. The Kier molecular flexibility index (Phi) is 4.31. The number of imidazole rings is 1. The second kappa shape index (κ2) is 5.79. The van der Waals surface area contributed by atoms with Crippen molar-refractivity contribution in [2.24, 2.45) is 0 Å². The molecule has 0 aliphatic rings. The van der Waals surface area contributed by atoms with Crippen molar-refractivity contribution in [1.29, 1.82) is 0 Å². The van der Waals surface area contributed by atoms with E-state index in [0.717, 1.165) is 21.4 Å². The molecule has 1 N–H and O–H groups in total. The highest BCUT2D eigenvalue weighted by Crippen LogP contribution is 2.28. The Labute approximate surface area is 124 Å². The Hall–Kier alpha value is -1.27. The van der Waals surface area contributed by atoms with Gasteiger partial charge in [0.15, 0.2) is 5.16 Å². The maximum atomic E-state index is 10.7. The fraction of sp³-hybridized carbons (Fsp3) is 0.231. The molecule has 2 rings (SSSR count). The highest BCUT2D eigenvalue weighted by atomic mass is 79.9. The summed E-state index contributed by atoms with van der Waals surface area (Å²) in [5, 5.41) is 9.46. The Morgan fingerprint density at radius 3 is 2.89 bits per heavy atom. The molecule has 0 spiro atoms. The lowest BCUT2D eigenvalue weighted by molar-refractivity contribution is -0.133. The van der Waals surface area contributed by atoms with Crippen molar-refractivity contribution in [2.75, 3.05) is 5.75 Å². The van der Waals surface area contributed by atoms with Gasteiger partial charge in [0.2, 0.25) is 0 Å². The van der Waals surface area contributed by atoms with Crippen LogP contribution in [0.15, 0.2) is 34.0 Å². The molecule has 1 aromatic carbocycles. The minimum Gasteiger partial charge on any atom is -0.481 e. The zero-order valence-electron chi connectivity index (χ0n) is 10.6. The number of aryl methyl sites for hydroxylation is 2. The molecule has 0 saturated heterocycles. The first-order valence-electron chi connectivity index (χ1n) is 5.64. The van der Waals surface area contributed by atoms with Crippen LogP contribution in [-0.2, 0) is 4.79 Å². The Balaban J connectivity index is 2.43. The summed E-state index contributed by atoms with van der Waals surface area (Å²) in [5.74, 6) is -0.847. The van der Waals surface area contributed by atoms with Gasteiger partial charge in [0.25, 0.3) is 0 Å². The first-order chi connectivity index (χ1) is 8.97. The van der Waals surface area contributed by atoms with Crippen LogP contribution in [0, 0.1) is 13.8 Å².